The van der Waals surface area contributed by atoms with Crippen molar-refractivity contribution in [3.8, 4) is 0 Å². The number of carbonyl (C=O) groups is 1. The van der Waals surface area contributed by atoms with Gasteiger partial charge in [-0.05, 0) is 42.8 Å². The Labute approximate surface area is 117 Å². The van der Waals surface area contributed by atoms with Crippen LogP contribution in [0.2, 0.25) is 0 Å². The van der Waals surface area contributed by atoms with E-state index in [0.29, 0.717) is 5.56 Å². The Morgan fingerprint density at radius 2 is 2.10 bits per heavy atom. The zero-order valence-electron chi connectivity index (χ0n) is 11.3. The highest BCUT2D eigenvalue weighted by atomic mass is 16.4. The lowest BCUT2D eigenvalue weighted by Crippen LogP contribution is -2.30. The lowest BCUT2D eigenvalue weighted by atomic mass is 10.1. The summed E-state index contributed by atoms with van der Waals surface area (Å²) in [5.41, 5.74) is 4.49. The summed E-state index contributed by atoms with van der Waals surface area (Å²) < 4.78 is 0. The van der Waals surface area contributed by atoms with Gasteiger partial charge in [0.2, 0.25) is 0 Å². The minimum Gasteiger partial charge on any atom is -0.478 e. The van der Waals surface area contributed by atoms with Crippen LogP contribution in [0.15, 0.2) is 42.5 Å². The molecule has 2 aromatic rings. The quantitative estimate of drug-likeness (QED) is 0.877. The number of carboxylic acid groups (broad SMARTS) is 1. The van der Waals surface area contributed by atoms with E-state index in [1.165, 1.54) is 5.56 Å². The molecule has 0 unspecified atom stereocenters. The summed E-state index contributed by atoms with van der Waals surface area (Å²) in [6.07, 6.45) is 0. The van der Waals surface area contributed by atoms with Crippen molar-refractivity contribution in [2.45, 2.75) is 6.92 Å². The van der Waals surface area contributed by atoms with Gasteiger partial charge in [-0.1, -0.05) is 12.1 Å². The SMILES string of the molecule is Cc1cccc(N2CCNc3ccc(C(=O)O)cc32)c1. The second kappa shape index (κ2) is 4.89. The molecular weight excluding hydrogens is 252 g/mol. The number of aryl methyl sites for hydroxylation is 1. The zero-order valence-corrected chi connectivity index (χ0v) is 11.3. The molecule has 0 spiro atoms. The molecular formula is C16H16N2O2. The monoisotopic (exact) mass is 268 g/mol. The number of aromatic carboxylic acids is 1. The molecule has 1 aliphatic rings. The molecule has 20 heavy (non-hydrogen) atoms. The molecule has 0 amide bonds. The fourth-order valence-electron chi connectivity index (χ4n) is 2.52. The number of benzene rings is 2. The van der Waals surface area contributed by atoms with Crippen LogP contribution in [0.4, 0.5) is 17.1 Å². The van der Waals surface area contributed by atoms with Gasteiger partial charge in [-0.15, -0.1) is 0 Å². The molecule has 0 atom stereocenters. The van der Waals surface area contributed by atoms with E-state index in [0.717, 1.165) is 30.2 Å². The zero-order chi connectivity index (χ0) is 14.1. The number of rotatable bonds is 2. The first-order chi connectivity index (χ1) is 9.65. The van der Waals surface area contributed by atoms with Crippen LogP contribution in [-0.2, 0) is 0 Å². The highest BCUT2D eigenvalue weighted by Gasteiger charge is 2.19. The van der Waals surface area contributed by atoms with E-state index in [2.05, 4.69) is 35.3 Å². The smallest absolute Gasteiger partial charge is 0.335 e. The molecule has 0 fully saturated rings. The number of anilines is 3. The Hall–Kier alpha value is -2.49. The third kappa shape index (κ3) is 2.20. The highest BCUT2D eigenvalue weighted by molar-refractivity contribution is 5.92. The summed E-state index contributed by atoms with van der Waals surface area (Å²) in [4.78, 5) is 13.3. The van der Waals surface area contributed by atoms with Crippen LogP contribution in [-0.4, -0.2) is 24.2 Å². The van der Waals surface area contributed by atoms with Crippen molar-refractivity contribution in [3.63, 3.8) is 0 Å². The van der Waals surface area contributed by atoms with Crippen molar-refractivity contribution >= 4 is 23.0 Å². The summed E-state index contributed by atoms with van der Waals surface area (Å²) in [5, 5.41) is 12.5. The second-order valence-electron chi connectivity index (χ2n) is 4.95. The van der Waals surface area contributed by atoms with Crippen molar-refractivity contribution in [2.75, 3.05) is 23.3 Å². The van der Waals surface area contributed by atoms with Gasteiger partial charge >= 0.3 is 5.97 Å². The first kappa shape index (κ1) is 12.5. The average Bonchev–Trinajstić information content (AvgIpc) is 2.46. The van der Waals surface area contributed by atoms with Crippen LogP contribution in [0.5, 0.6) is 0 Å². The summed E-state index contributed by atoms with van der Waals surface area (Å²) in [7, 11) is 0. The van der Waals surface area contributed by atoms with E-state index in [9.17, 15) is 4.79 Å². The second-order valence-corrected chi connectivity index (χ2v) is 4.95. The molecule has 1 heterocycles. The van der Waals surface area contributed by atoms with Gasteiger partial charge in [-0.3, -0.25) is 0 Å². The van der Waals surface area contributed by atoms with Gasteiger partial charge in [0.05, 0.1) is 16.9 Å². The molecule has 3 rings (SSSR count). The summed E-state index contributed by atoms with van der Waals surface area (Å²) in [6, 6.07) is 13.4. The van der Waals surface area contributed by atoms with Gasteiger partial charge in [0.15, 0.2) is 0 Å². The maximum atomic E-state index is 11.1. The fourth-order valence-corrected chi connectivity index (χ4v) is 2.52. The van der Waals surface area contributed by atoms with E-state index in [1.54, 1.807) is 12.1 Å². The number of nitrogens with one attached hydrogen (secondary N) is 1. The Morgan fingerprint density at radius 3 is 2.85 bits per heavy atom. The molecule has 0 bridgehead atoms. The third-order valence-electron chi connectivity index (χ3n) is 3.50. The molecule has 102 valence electrons. The molecule has 0 aromatic heterocycles. The van der Waals surface area contributed by atoms with Crippen molar-refractivity contribution < 1.29 is 9.90 Å². The summed E-state index contributed by atoms with van der Waals surface area (Å²) in [6.45, 7) is 3.72. The van der Waals surface area contributed by atoms with Crippen LogP contribution in [0.3, 0.4) is 0 Å². The predicted octanol–water partition coefficient (Wildman–Crippen LogP) is 3.26. The molecule has 4 heteroatoms. The first-order valence-electron chi connectivity index (χ1n) is 6.60. The fraction of sp³-hybridized carbons (Fsp3) is 0.188. The molecule has 0 aliphatic carbocycles. The van der Waals surface area contributed by atoms with Crippen LogP contribution >= 0.6 is 0 Å². The number of hydrogen-bond acceptors (Lipinski definition) is 3. The minimum atomic E-state index is -0.900. The van der Waals surface area contributed by atoms with Gasteiger partial charge in [0.25, 0.3) is 0 Å². The van der Waals surface area contributed by atoms with Gasteiger partial charge in [0, 0.05) is 18.8 Å². The Kier molecular flexibility index (Phi) is 3.06. The summed E-state index contributed by atoms with van der Waals surface area (Å²) in [5.74, 6) is -0.900. The maximum Gasteiger partial charge on any atom is 0.335 e. The van der Waals surface area contributed by atoms with Crippen LogP contribution < -0.4 is 10.2 Å². The maximum absolute atomic E-state index is 11.1. The van der Waals surface area contributed by atoms with E-state index in [1.807, 2.05) is 12.1 Å². The minimum absolute atomic E-state index is 0.310. The molecule has 2 aromatic carbocycles. The van der Waals surface area contributed by atoms with Gasteiger partial charge < -0.3 is 15.3 Å². The van der Waals surface area contributed by atoms with Crippen molar-refractivity contribution in [3.05, 3.63) is 53.6 Å². The van der Waals surface area contributed by atoms with Crippen molar-refractivity contribution in [2.24, 2.45) is 0 Å². The standard InChI is InChI=1S/C16H16N2O2/c1-11-3-2-4-13(9-11)18-8-7-17-14-6-5-12(16(19)20)10-15(14)18/h2-6,9-10,17H,7-8H2,1H3,(H,19,20). The molecule has 4 nitrogen and oxygen atoms in total. The van der Waals surface area contributed by atoms with E-state index in [-0.39, 0.29) is 0 Å². The Balaban J connectivity index is 2.08. The lowest BCUT2D eigenvalue weighted by molar-refractivity contribution is 0.0697. The number of carboxylic acids is 1. The topological polar surface area (TPSA) is 52.6 Å². The van der Waals surface area contributed by atoms with Gasteiger partial charge in [0.1, 0.15) is 0 Å². The van der Waals surface area contributed by atoms with Crippen molar-refractivity contribution in [1.82, 2.24) is 0 Å². The van der Waals surface area contributed by atoms with E-state index >= 15 is 0 Å². The Bertz CT molecular complexity index is 667. The molecule has 1 aliphatic heterocycles. The van der Waals surface area contributed by atoms with Gasteiger partial charge in [-0.2, -0.15) is 0 Å². The molecule has 0 radical (unpaired) electrons. The van der Waals surface area contributed by atoms with E-state index in [4.69, 9.17) is 5.11 Å². The molecule has 0 saturated carbocycles. The lowest BCUT2D eigenvalue weighted by Gasteiger charge is -2.32. The predicted molar refractivity (Wildman–Crippen MR) is 80.1 cm³/mol. The van der Waals surface area contributed by atoms with Gasteiger partial charge in [-0.25, -0.2) is 4.79 Å². The van der Waals surface area contributed by atoms with Crippen LogP contribution in [0, 0.1) is 6.92 Å². The number of nitrogens with zero attached hydrogens (tertiary/aromatic N) is 1. The molecule has 0 saturated heterocycles. The number of hydrogen-bond donors (Lipinski definition) is 2. The first-order valence-corrected chi connectivity index (χ1v) is 6.60. The molecule has 2 N–H and O–H groups in total. The van der Waals surface area contributed by atoms with Crippen LogP contribution in [0.25, 0.3) is 0 Å². The summed E-state index contributed by atoms with van der Waals surface area (Å²) >= 11 is 0. The normalized spacial score (nSPS) is 13.6. The Morgan fingerprint density at radius 1 is 1.25 bits per heavy atom. The third-order valence-corrected chi connectivity index (χ3v) is 3.50. The van der Waals surface area contributed by atoms with Crippen molar-refractivity contribution in [1.29, 1.82) is 0 Å². The highest BCUT2D eigenvalue weighted by Crippen LogP contribution is 2.35. The van der Waals surface area contributed by atoms with Crippen LogP contribution in [0.1, 0.15) is 15.9 Å². The van der Waals surface area contributed by atoms with E-state index < -0.39 is 5.97 Å². The average molecular weight is 268 g/mol. The largest absolute Gasteiger partial charge is 0.478 e. The number of fused-ring (bicyclic) bond motifs is 1.